The molecule has 0 aliphatic rings. The molecular weight excluding hydrogens is 199 g/mol. The van der Waals surface area contributed by atoms with E-state index in [9.17, 15) is 14.0 Å². The first-order valence-electron chi connectivity index (χ1n) is 5.31. The van der Waals surface area contributed by atoms with Gasteiger partial charge in [0.2, 0.25) is 0 Å². The SMILES string of the molecule is CCCCC(C)(F)C(=O)CC(=O)OCC. The van der Waals surface area contributed by atoms with E-state index in [4.69, 9.17) is 0 Å². The molecule has 0 aromatic carbocycles. The minimum absolute atomic E-state index is 0.168. The van der Waals surface area contributed by atoms with E-state index in [1.807, 2.05) is 6.92 Å². The number of esters is 1. The molecule has 0 aromatic heterocycles. The Bertz CT molecular complexity index is 224. The highest BCUT2D eigenvalue weighted by Crippen LogP contribution is 2.21. The molecule has 0 saturated carbocycles. The standard InChI is InChI=1S/C11H19FO3/c1-4-6-7-11(3,12)9(13)8-10(14)15-5-2/h4-8H2,1-3H3. The van der Waals surface area contributed by atoms with Crippen LogP contribution in [0.15, 0.2) is 0 Å². The number of ketones is 1. The summed E-state index contributed by atoms with van der Waals surface area (Å²) >= 11 is 0. The van der Waals surface area contributed by atoms with Gasteiger partial charge < -0.3 is 4.74 Å². The topological polar surface area (TPSA) is 43.4 Å². The molecule has 0 saturated heterocycles. The van der Waals surface area contributed by atoms with E-state index < -0.39 is 23.8 Å². The van der Waals surface area contributed by atoms with E-state index in [2.05, 4.69) is 4.74 Å². The largest absolute Gasteiger partial charge is 0.466 e. The van der Waals surface area contributed by atoms with E-state index in [1.54, 1.807) is 6.92 Å². The van der Waals surface area contributed by atoms with Gasteiger partial charge in [-0.2, -0.15) is 0 Å². The van der Waals surface area contributed by atoms with Crippen LogP contribution in [0.5, 0.6) is 0 Å². The number of rotatable bonds is 7. The number of alkyl halides is 1. The lowest BCUT2D eigenvalue weighted by molar-refractivity contribution is -0.148. The molecule has 0 heterocycles. The van der Waals surface area contributed by atoms with Crippen LogP contribution in [0.1, 0.15) is 46.5 Å². The second kappa shape index (κ2) is 6.53. The molecule has 0 aliphatic heterocycles. The van der Waals surface area contributed by atoms with Crippen molar-refractivity contribution >= 4 is 11.8 Å². The Hall–Kier alpha value is -0.930. The molecule has 0 N–H and O–H groups in total. The molecule has 88 valence electrons. The van der Waals surface area contributed by atoms with Gasteiger partial charge in [-0.3, -0.25) is 9.59 Å². The average Bonchev–Trinajstić information content (AvgIpc) is 2.15. The molecule has 0 aromatic rings. The second-order valence-corrected chi connectivity index (χ2v) is 3.71. The molecule has 3 nitrogen and oxygen atoms in total. The number of unbranched alkanes of at least 4 members (excludes halogenated alkanes) is 1. The van der Waals surface area contributed by atoms with Crippen molar-refractivity contribution in [1.29, 1.82) is 0 Å². The van der Waals surface area contributed by atoms with Crippen LogP contribution in [-0.2, 0) is 14.3 Å². The number of ether oxygens (including phenoxy) is 1. The lowest BCUT2D eigenvalue weighted by Crippen LogP contribution is -2.32. The average molecular weight is 218 g/mol. The first-order valence-corrected chi connectivity index (χ1v) is 5.31. The highest BCUT2D eigenvalue weighted by Gasteiger charge is 2.33. The van der Waals surface area contributed by atoms with E-state index in [0.717, 1.165) is 6.42 Å². The third-order valence-electron chi connectivity index (χ3n) is 2.19. The quantitative estimate of drug-likeness (QED) is 0.487. The van der Waals surface area contributed by atoms with Gasteiger partial charge in [0.1, 0.15) is 6.42 Å². The smallest absolute Gasteiger partial charge is 0.313 e. The molecule has 0 rings (SSSR count). The summed E-state index contributed by atoms with van der Waals surface area (Å²) in [5.74, 6) is -1.34. The molecule has 1 atom stereocenters. The van der Waals surface area contributed by atoms with Crippen molar-refractivity contribution in [3.05, 3.63) is 0 Å². The van der Waals surface area contributed by atoms with Crippen molar-refractivity contribution in [2.75, 3.05) is 6.61 Å². The van der Waals surface area contributed by atoms with Crippen molar-refractivity contribution in [2.24, 2.45) is 0 Å². The summed E-state index contributed by atoms with van der Waals surface area (Å²) in [6.07, 6.45) is 1.17. The van der Waals surface area contributed by atoms with Gasteiger partial charge in [-0.15, -0.1) is 0 Å². The zero-order chi connectivity index (χ0) is 11.9. The summed E-state index contributed by atoms with van der Waals surface area (Å²) in [7, 11) is 0. The normalized spacial score (nSPS) is 14.4. The van der Waals surface area contributed by atoms with Crippen LogP contribution in [-0.4, -0.2) is 24.0 Å². The van der Waals surface area contributed by atoms with Crippen LogP contribution >= 0.6 is 0 Å². The predicted octanol–water partition coefficient (Wildman–Crippen LogP) is 2.43. The molecule has 0 amide bonds. The second-order valence-electron chi connectivity index (χ2n) is 3.71. The maximum atomic E-state index is 13.7. The molecule has 0 fully saturated rings. The molecule has 0 aliphatic carbocycles. The summed E-state index contributed by atoms with van der Waals surface area (Å²) in [5, 5.41) is 0. The Morgan fingerprint density at radius 2 is 1.93 bits per heavy atom. The van der Waals surface area contributed by atoms with Crippen LogP contribution in [0.4, 0.5) is 4.39 Å². The zero-order valence-corrected chi connectivity index (χ0v) is 9.64. The fraction of sp³-hybridized carbons (Fsp3) is 0.818. The number of carbonyl (C=O) groups is 2. The number of halogens is 1. The molecule has 4 heteroatoms. The van der Waals surface area contributed by atoms with Crippen LogP contribution in [0, 0.1) is 0 Å². The fourth-order valence-electron chi connectivity index (χ4n) is 1.18. The maximum absolute atomic E-state index is 13.7. The van der Waals surface area contributed by atoms with E-state index in [1.165, 1.54) is 6.92 Å². The van der Waals surface area contributed by atoms with Gasteiger partial charge in [0, 0.05) is 0 Å². The maximum Gasteiger partial charge on any atom is 0.313 e. The first-order chi connectivity index (χ1) is 6.94. The number of carbonyl (C=O) groups excluding carboxylic acids is 2. The number of hydrogen-bond acceptors (Lipinski definition) is 3. The van der Waals surface area contributed by atoms with Gasteiger partial charge in [0.05, 0.1) is 6.61 Å². The molecular formula is C11H19FO3. The Balaban J connectivity index is 4.12. The monoisotopic (exact) mass is 218 g/mol. The van der Waals surface area contributed by atoms with Crippen molar-refractivity contribution in [2.45, 2.75) is 52.1 Å². The van der Waals surface area contributed by atoms with Crippen molar-refractivity contribution in [3.63, 3.8) is 0 Å². The minimum Gasteiger partial charge on any atom is -0.466 e. The van der Waals surface area contributed by atoms with Crippen molar-refractivity contribution < 1.29 is 18.7 Å². The Morgan fingerprint density at radius 1 is 1.33 bits per heavy atom. The highest BCUT2D eigenvalue weighted by molar-refractivity contribution is 6.00. The molecule has 1 unspecified atom stereocenters. The molecule has 15 heavy (non-hydrogen) atoms. The van der Waals surface area contributed by atoms with Crippen molar-refractivity contribution in [3.8, 4) is 0 Å². The Labute approximate surface area is 90.0 Å². The van der Waals surface area contributed by atoms with Crippen LogP contribution in [0.25, 0.3) is 0 Å². The third-order valence-corrected chi connectivity index (χ3v) is 2.19. The summed E-state index contributed by atoms with van der Waals surface area (Å²) < 4.78 is 18.3. The van der Waals surface area contributed by atoms with Crippen LogP contribution in [0.3, 0.4) is 0 Å². The summed E-state index contributed by atoms with van der Waals surface area (Å²) in [4.78, 5) is 22.3. The summed E-state index contributed by atoms with van der Waals surface area (Å²) in [6, 6.07) is 0. The van der Waals surface area contributed by atoms with E-state index >= 15 is 0 Å². The Morgan fingerprint density at radius 3 is 2.40 bits per heavy atom. The summed E-state index contributed by atoms with van der Waals surface area (Å²) in [6.45, 7) is 5.01. The van der Waals surface area contributed by atoms with Crippen molar-refractivity contribution in [1.82, 2.24) is 0 Å². The van der Waals surface area contributed by atoms with Gasteiger partial charge in [0.15, 0.2) is 11.5 Å². The zero-order valence-electron chi connectivity index (χ0n) is 9.64. The fourth-order valence-corrected chi connectivity index (χ4v) is 1.18. The minimum atomic E-state index is -1.90. The van der Waals surface area contributed by atoms with Gasteiger partial charge in [0.25, 0.3) is 0 Å². The lowest BCUT2D eigenvalue weighted by atomic mass is 9.94. The molecule has 0 radical (unpaired) electrons. The van der Waals surface area contributed by atoms with Crippen LogP contribution in [0.2, 0.25) is 0 Å². The molecule has 0 bridgehead atoms. The van der Waals surface area contributed by atoms with E-state index in [0.29, 0.717) is 6.42 Å². The van der Waals surface area contributed by atoms with E-state index in [-0.39, 0.29) is 13.0 Å². The molecule has 0 spiro atoms. The highest BCUT2D eigenvalue weighted by atomic mass is 19.1. The third kappa shape index (κ3) is 5.50. The summed E-state index contributed by atoms with van der Waals surface area (Å²) in [5.41, 5.74) is -1.90. The number of Topliss-reactive ketones (excluding diaryl/α,β-unsaturated/α-hetero) is 1. The first kappa shape index (κ1) is 14.1. The Kier molecular flexibility index (Phi) is 6.13. The number of hydrogen-bond donors (Lipinski definition) is 0. The lowest BCUT2D eigenvalue weighted by Gasteiger charge is -2.17. The van der Waals surface area contributed by atoms with Gasteiger partial charge in [-0.25, -0.2) is 4.39 Å². The van der Waals surface area contributed by atoms with Crippen LogP contribution < -0.4 is 0 Å². The van der Waals surface area contributed by atoms with Gasteiger partial charge in [-0.05, 0) is 20.3 Å². The predicted molar refractivity (Wildman–Crippen MR) is 55.3 cm³/mol. The van der Waals surface area contributed by atoms with Gasteiger partial charge in [-0.1, -0.05) is 19.8 Å². The van der Waals surface area contributed by atoms with Gasteiger partial charge >= 0.3 is 5.97 Å².